The van der Waals surface area contributed by atoms with E-state index in [1.54, 1.807) is 0 Å². The molecular weight excluding hydrogens is 408 g/mol. The third kappa shape index (κ3) is 18.0. The first kappa shape index (κ1) is 30.0. The predicted octanol–water partition coefficient (Wildman–Crippen LogP) is 3.12. The molecule has 6 N–H and O–H groups in total. The molecule has 1 aromatic rings. The summed E-state index contributed by atoms with van der Waals surface area (Å²) < 4.78 is 0. The maximum absolute atomic E-state index is 3.62. The van der Waals surface area contributed by atoms with Crippen molar-refractivity contribution in [2.75, 3.05) is 39.3 Å². The van der Waals surface area contributed by atoms with Crippen molar-refractivity contribution in [2.24, 2.45) is 0 Å². The molecule has 0 fully saturated rings. The second-order valence-corrected chi connectivity index (χ2v) is 10.1. The number of hydrogen-bond donors (Lipinski definition) is 6. The Morgan fingerprint density at radius 2 is 0.727 bits per heavy atom. The fourth-order valence-corrected chi connectivity index (χ4v) is 3.66. The Morgan fingerprint density at radius 1 is 0.455 bits per heavy atom. The van der Waals surface area contributed by atoms with E-state index in [-0.39, 0.29) is 0 Å². The van der Waals surface area contributed by atoms with E-state index in [2.05, 4.69) is 91.6 Å². The van der Waals surface area contributed by atoms with Gasteiger partial charge in [0, 0.05) is 37.8 Å². The summed E-state index contributed by atoms with van der Waals surface area (Å²) in [6.07, 6.45) is 3.47. The van der Waals surface area contributed by atoms with Crippen LogP contribution in [-0.2, 0) is 19.6 Å². The zero-order valence-corrected chi connectivity index (χ0v) is 22.4. The molecule has 0 aliphatic carbocycles. The summed E-state index contributed by atoms with van der Waals surface area (Å²) in [5.41, 5.74) is 4.14. The maximum atomic E-state index is 3.62. The van der Waals surface area contributed by atoms with Crippen LogP contribution >= 0.6 is 0 Å². The van der Waals surface area contributed by atoms with Crippen LogP contribution < -0.4 is 31.9 Å². The molecule has 0 aromatic heterocycles. The summed E-state index contributed by atoms with van der Waals surface area (Å²) in [5.74, 6) is 0. The monoisotopic (exact) mass is 462 g/mol. The molecule has 0 aliphatic heterocycles. The summed E-state index contributed by atoms with van der Waals surface area (Å²) >= 11 is 0. The van der Waals surface area contributed by atoms with Gasteiger partial charge in [0.05, 0.1) is 0 Å². The number of nitrogens with one attached hydrogen (secondary N) is 6. The van der Waals surface area contributed by atoms with E-state index in [0.717, 1.165) is 78.2 Å². The number of rotatable bonds is 21. The first-order valence-corrected chi connectivity index (χ1v) is 13.3. The normalized spacial score (nSPS) is 11.9. The Hall–Kier alpha value is -1.02. The molecule has 0 atom stereocenters. The molecule has 1 aromatic carbocycles. The van der Waals surface area contributed by atoms with E-state index >= 15 is 0 Å². The van der Waals surface area contributed by atoms with Gasteiger partial charge in [0.15, 0.2) is 0 Å². The summed E-state index contributed by atoms with van der Waals surface area (Å²) in [6.45, 7) is 22.3. The molecule has 0 saturated carbocycles. The van der Waals surface area contributed by atoms with Crippen molar-refractivity contribution >= 4 is 0 Å². The highest BCUT2D eigenvalue weighted by Gasteiger charge is 2.03. The molecule has 0 saturated heterocycles. The van der Waals surface area contributed by atoms with Gasteiger partial charge in [0.2, 0.25) is 0 Å². The van der Waals surface area contributed by atoms with E-state index in [4.69, 9.17) is 0 Å². The fourth-order valence-electron chi connectivity index (χ4n) is 3.66. The summed E-state index contributed by atoms with van der Waals surface area (Å²) in [5, 5.41) is 21.3. The van der Waals surface area contributed by atoms with E-state index in [9.17, 15) is 0 Å². The van der Waals surface area contributed by atoms with Gasteiger partial charge in [-0.05, 0) is 75.2 Å². The average molecular weight is 463 g/mol. The molecule has 6 nitrogen and oxygen atoms in total. The van der Waals surface area contributed by atoms with Crippen LogP contribution in [-0.4, -0.2) is 57.4 Å². The van der Waals surface area contributed by atoms with E-state index < -0.39 is 0 Å². The number of benzene rings is 1. The highest BCUT2D eigenvalue weighted by molar-refractivity contribution is 5.30. The third-order valence-corrected chi connectivity index (χ3v) is 5.35. The van der Waals surface area contributed by atoms with Gasteiger partial charge in [-0.3, -0.25) is 0 Å². The van der Waals surface area contributed by atoms with Gasteiger partial charge in [0.1, 0.15) is 0 Å². The van der Waals surface area contributed by atoms with Gasteiger partial charge < -0.3 is 31.9 Å². The molecule has 33 heavy (non-hydrogen) atoms. The Morgan fingerprint density at radius 3 is 0.970 bits per heavy atom. The average Bonchev–Trinajstić information content (AvgIpc) is 2.75. The smallest absolute Gasteiger partial charge is 0.0205 e. The van der Waals surface area contributed by atoms with Crippen LogP contribution in [0.15, 0.2) is 18.2 Å². The molecule has 192 valence electrons. The van der Waals surface area contributed by atoms with Crippen LogP contribution in [0.1, 0.15) is 77.5 Å². The van der Waals surface area contributed by atoms with Crippen molar-refractivity contribution in [1.29, 1.82) is 0 Å². The molecule has 0 amide bonds. The lowest BCUT2D eigenvalue weighted by molar-refractivity contribution is 0.544. The first-order chi connectivity index (χ1) is 15.9. The Balaban J connectivity index is 2.48. The van der Waals surface area contributed by atoms with Crippen LogP contribution in [0, 0.1) is 0 Å². The Kier molecular flexibility index (Phi) is 17.6. The van der Waals surface area contributed by atoms with Crippen LogP contribution in [0.25, 0.3) is 0 Å². The minimum atomic E-state index is 0.562. The van der Waals surface area contributed by atoms with Gasteiger partial charge in [0.25, 0.3) is 0 Å². The second kappa shape index (κ2) is 19.3. The van der Waals surface area contributed by atoms with Crippen molar-refractivity contribution in [3.05, 3.63) is 34.9 Å². The van der Waals surface area contributed by atoms with E-state index in [1.807, 2.05) is 0 Å². The Labute approximate surface area is 204 Å². The summed E-state index contributed by atoms with van der Waals surface area (Å²) in [4.78, 5) is 0. The van der Waals surface area contributed by atoms with Gasteiger partial charge >= 0.3 is 0 Å². The van der Waals surface area contributed by atoms with Crippen LogP contribution in [0.3, 0.4) is 0 Å². The van der Waals surface area contributed by atoms with Crippen molar-refractivity contribution in [1.82, 2.24) is 31.9 Å². The molecule has 0 aliphatic rings. The van der Waals surface area contributed by atoms with Crippen LogP contribution in [0.5, 0.6) is 0 Å². The maximum Gasteiger partial charge on any atom is 0.0205 e. The number of hydrogen-bond acceptors (Lipinski definition) is 6. The van der Waals surface area contributed by atoms with Crippen molar-refractivity contribution in [3.63, 3.8) is 0 Å². The first-order valence-electron chi connectivity index (χ1n) is 13.3. The lowest BCUT2D eigenvalue weighted by Gasteiger charge is -2.14. The zero-order chi connectivity index (χ0) is 24.3. The van der Waals surface area contributed by atoms with Gasteiger partial charge in [-0.1, -0.05) is 59.7 Å². The van der Waals surface area contributed by atoms with E-state index in [1.165, 1.54) is 16.7 Å². The Bertz CT molecular complexity index is 495. The SMILES string of the molecule is CC(C)NCCCNCc1cc(CNCCCNC(C)C)cc(CNCCCNC(C)C)c1. The van der Waals surface area contributed by atoms with Crippen LogP contribution in [0.4, 0.5) is 0 Å². The molecule has 0 heterocycles. The zero-order valence-electron chi connectivity index (χ0n) is 22.4. The summed E-state index contributed by atoms with van der Waals surface area (Å²) in [7, 11) is 0. The minimum Gasteiger partial charge on any atom is -0.314 e. The lowest BCUT2D eigenvalue weighted by Crippen LogP contribution is -2.27. The van der Waals surface area contributed by atoms with Crippen molar-refractivity contribution < 1.29 is 0 Å². The minimum absolute atomic E-state index is 0.562. The molecule has 0 bridgehead atoms. The third-order valence-electron chi connectivity index (χ3n) is 5.35. The van der Waals surface area contributed by atoms with Crippen LogP contribution in [0.2, 0.25) is 0 Å². The summed E-state index contributed by atoms with van der Waals surface area (Å²) in [6, 6.07) is 8.75. The largest absolute Gasteiger partial charge is 0.314 e. The molecule has 6 heteroatoms. The lowest BCUT2D eigenvalue weighted by atomic mass is 10.0. The van der Waals surface area contributed by atoms with Gasteiger partial charge in [-0.25, -0.2) is 0 Å². The molecule has 0 radical (unpaired) electrons. The van der Waals surface area contributed by atoms with Gasteiger partial charge in [-0.15, -0.1) is 0 Å². The molecule has 1 rings (SSSR count). The van der Waals surface area contributed by atoms with Crippen molar-refractivity contribution in [3.8, 4) is 0 Å². The second-order valence-electron chi connectivity index (χ2n) is 10.1. The standard InChI is InChI=1S/C27H54N6/c1-22(2)31-13-7-10-28-19-25-16-26(20-29-11-8-14-32-23(3)4)18-27(17-25)21-30-12-9-15-33-24(5)6/h16-18,22-24,28-33H,7-15,19-21H2,1-6H3. The predicted molar refractivity (Wildman–Crippen MR) is 145 cm³/mol. The molecule has 0 spiro atoms. The highest BCUT2D eigenvalue weighted by atomic mass is 14.9. The fraction of sp³-hybridized carbons (Fsp3) is 0.778. The quantitative estimate of drug-likeness (QED) is 0.158. The van der Waals surface area contributed by atoms with E-state index in [0.29, 0.717) is 18.1 Å². The van der Waals surface area contributed by atoms with Gasteiger partial charge in [-0.2, -0.15) is 0 Å². The highest BCUT2D eigenvalue weighted by Crippen LogP contribution is 2.11. The topological polar surface area (TPSA) is 72.2 Å². The molecular formula is C27H54N6. The van der Waals surface area contributed by atoms with Crippen molar-refractivity contribution in [2.45, 2.75) is 98.6 Å². The molecule has 0 unspecified atom stereocenters.